The average molecular weight is 341 g/mol. The van der Waals surface area contributed by atoms with Gasteiger partial charge in [0, 0.05) is 52.2 Å². The summed E-state index contributed by atoms with van der Waals surface area (Å²) < 4.78 is 0. The van der Waals surface area contributed by atoms with Crippen LogP contribution in [0.3, 0.4) is 0 Å². The third-order valence-corrected chi connectivity index (χ3v) is 4.27. The highest BCUT2D eigenvalue weighted by Crippen LogP contribution is 2.13. The number of nitrogens with two attached hydrogens (primary N) is 1. The van der Waals surface area contributed by atoms with E-state index in [1.54, 1.807) is 0 Å². The quantitative estimate of drug-likeness (QED) is 0.783. The van der Waals surface area contributed by atoms with Gasteiger partial charge in [-0.15, -0.1) is 12.4 Å². The van der Waals surface area contributed by atoms with Crippen molar-refractivity contribution in [2.45, 2.75) is 26.4 Å². The van der Waals surface area contributed by atoms with Crippen LogP contribution in [0.25, 0.3) is 0 Å². The van der Waals surface area contributed by atoms with E-state index in [-0.39, 0.29) is 18.3 Å². The Morgan fingerprint density at radius 2 is 1.74 bits per heavy atom. The minimum Gasteiger partial charge on any atom is -0.352 e. The number of amides is 1. The second-order valence-electron chi connectivity index (χ2n) is 5.79. The second-order valence-corrected chi connectivity index (χ2v) is 5.79. The van der Waals surface area contributed by atoms with Crippen LogP contribution >= 0.6 is 12.4 Å². The normalized spacial score (nSPS) is 15.9. The zero-order valence-electron chi connectivity index (χ0n) is 14.0. The Hall–Kier alpha value is -1.14. The van der Waals surface area contributed by atoms with Gasteiger partial charge in [-0.3, -0.25) is 9.69 Å². The van der Waals surface area contributed by atoms with E-state index in [0.717, 1.165) is 39.3 Å². The van der Waals surface area contributed by atoms with E-state index in [1.165, 1.54) is 11.1 Å². The van der Waals surface area contributed by atoms with Gasteiger partial charge in [0.25, 0.3) is 0 Å². The molecule has 130 valence electrons. The van der Waals surface area contributed by atoms with Crippen LogP contribution in [-0.4, -0.2) is 55.0 Å². The average Bonchev–Trinajstić information content (AvgIpc) is 2.55. The molecule has 6 heteroatoms. The summed E-state index contributed by atoms with van der Waals surface area (Å²) in [4.78, 5) is 16.6. The van der Waals surface area contributed by atoms with Crippen LogP contribution in [0.4, 0.5) is 0 Å². The molecule has 1 saturated heterocycles. The fraction of sp³-hybridized carbons (Fsp3) is 0.588. The largest absolute Gasteiger partial charge is 0.352 e. The summed E-state index contributed by atoms with van der Waals surface area (Å²) in [6.07, 6.45) is 0.390. The Kier molecular flexibility index (Phi) is 9.17. The summed E-state index contributed by atoms with van der Waals surface area (Å²) in [5.74, 6) is 0.0221. The summed E-state index contributed by atoms with van der Waals surface area (Å²) in [6, 6.07) is 8.36. The van der Waals surface area contributed by atoms with Gasteiger partial charge in [-0.25, -0.2) is 0 Å². The third kappa shape index (κ3) is 6.47. The number of likely N-dealkylation sites (N-methyl/N-ethyl adjacent to an activating group) is 1. The van der Waals surface area contributed by atoms with Gasteiger partial charge in [-0.1, -0.05) is 31.2 Å². The van der Waals surface area contributed by atoms with Crippen molar-refractivity contribution in [1.29, 1.82) is 0 Å². The molecule has 1 aliphatic heterocycles. The molecule has 1 aromatic carbocycles. The van der Waals surface area contributed by atoms with Crippen LogP contribution in [0.2, 0.25) is 0 Å². The molecule has 0 aromatic heterocycles. The summed E-state index contributed by atoms with van der Waals surface area (Å²) in [5, 5.41) is 2.95. The zero-order chi connectivity index (χ0) is 15.8. The van der Waals surface area contributed by atoms with Gasteiger partial charge in [-0.2, -0.15) is 0 Å². The van der Waals surface area contributed by atoms with Crippen molar-refractivity contribution < 1.29 is 4.79 Å². The van der Waals surface area contributed by atoms with Gasteiger partial charge in [-0.05, 0) is 17.7 Å². The number of benzene rings is 1. The summed E-state index contributed by atoms with van der Waals surface area (Å²) in [6.45, 7) is 9.81. The lowest BCUT2D eigenvalue weighted by atomic mass is 10.1. The van der Waals surface area contributed by atoms with Crippen LogP contribution in [0, 0.1) is 0 Å². The van der Waals surface area contributed by atoms with Crippen molar-refractivity contribution in [2.24, 2.45) is 5.73 Å². The Morgan fingerprint density at radius 3 is 2.35 bits per heavy atom. The summed E-state index contributed by atoms with van der Waals surface area (Å²) in [7, 11) is 0. The molecule has 0 aliphatic carbocycles. The monoisotopic (exact) mass is 340 g/mol. The molecule has 3 N–H and O–H groups in total. The van der Waals surface area contributed by atoms with Gasteiger partial charge in [0.1, 0.15) is 0 Å². The highest BCUT2D eigenvalue weighted by Gasteiger charge is 2.16. The van der Waals surface area contributed by atoms with Crippen molar-refractivity contribution in [3.63, 3.8) is 0 Å². The Balaban J connectivity index is 0.00000264. The lowest BCUT2D eigenvalue weighted by Gasteiger charge is -2.34. The number of halogens is 1. The van der Waals surface area contributed by atoms with Gasteiger partial charge >= 0.3 is 0 Å². The number of rotatable bonds is 7. The van der Waals surface area contributed by atoms with Crippen molar-refractivity contribution >= 4 is 18.3 Å². The van der Waals surface area contributed by atoms with Crippen LogP contribution in [0.5, 0.6) is 0 Å². The maximum absolute atomic E-state index is 11.6. The number of nitrogens with one attached hydrogen (secondary N) is 1. The topological polar surface area (TPSA) is 61.6 Å². The molecule has 0 radical (unpaired) electrons. The first-order valence-corrected chi connectivity index (χ1v) is 8.21. The zero-order valence-corrected chi connectivity index (χ0v) is 14.8. The first-order valence-electron chi connectivity index (χ1n) is 8.21. The van der Waals surface area contributed by atoms with E-state index in [2.05, 4.69) is 40.2 Å². The molecule has 1 fully saturated rings. The number of hydrogen-bond donors (Lipinski definition) is 2. The first-order chi connectivity index (χ1) is 10.7. The number of carbonyl (C=O) groups excluding carboxylic acids is 1. The Labute approximate surface area is 145 Å². The van der Waals surface area contributed by atoms with Crippen molar-refractivity contribution in [3.05, 3.63) is 35.4 Å². The molecular formula is C17H29ClN4O. The predicted octanol–water partition coefficient (Wildman–Crippen LogP) is 1.21. The molecule has 0 atom stereocenters. The Morgan fingerprint density at radius 1 is 1.13 bits per heavy atom. The van der Waals surface area contributed by atoms with Crippen LogP contribution in [0.15, 0.2) is 24.3 Å². The maximum atomic E-state index is 11.6. The van der Waals surface area contributed by atoms with Crippen molar-refractivity contribution in [1.82, 2.24) is 15.1 Å². The fourth-order valence-electron chi connectivity index (χ4n) is 2.80. The van der Waals surface area contributed by atoms with Gasteiger partial charge < -0.3 is 16.0 Å². The smallest absolute Gasteiger partial charge is 0.221 e. The molecule has 5 nitrogen and oxygen atoms in total. The van der Waals surface area contributed by atoms with Crippen LogP contribution in [-0.2, 0) is 17.9 Å². The molecule has 0 unspecified atom stereocenters. The molecule has 0 spiro atoms. The van der Waals surface area contributed by atoms with E-state index < -0.39 is 0 Å². The number of nitrogens with zero attached hydrogens (tertiary/aromatic N) is 2. The minimum absolute atomic E-state index is 0. The van der Waals surface area contributed by atoms with E-state index in [4.69, 9.17) is 5.73 Å². The minimum atomic E-state index is 0. The molecule has 1 amide bonds. The molecule has 1 heterocycles. The summed E-state index contributed by atoms with van der Waals surface area (Å²) in [5.41, 5.74) is 7.91. The van der Waals surface area contributed by atoms with E-state index in [9.17, 15) is 4.79 Å². The van der Waals surface area contributed by atoms with Gasteiger partial charge in [0.15, 0.2) is 0 Å². The molecular weight excluding hydrogens is 312 g/mol. The molecule has 2 rings (SSSR count). The molecule has 1 aromatic rings. The standard InChI is InChI=1S/C17H28N4O.ClH/c1-2-20-9-11-21(12-10-20)14-16-6-4-3-5-15(16)13-19-17(22)7-8-18;/h3-6H,2,7-14,18H2,1H3,(H,19,22);1H. The number of hydrogen-bond acceptors (Lipinski definition) is 4. The molecule has 0 bridgehead atoms. The lowest BCUT2D eigenvalue weighted by Crippen LogP contribution is -2.45. The molecule has 0 saturated carbocycles. The molecule has 23 heavy (non-hydrogen) atoms. The van der Waals surface area contributed by atoms with E-state index in [1.807, 2.05) is 6.07 Å². The van der Waals surface area contributed by atoms with Crippen LogP contribution < -0.4 is 11.1 Å². The number of carbonyl (C=O) groups is 1. The van der Waals surface area contributed by atoms with Gasteiger partial charge in [0.2, 0.25) is 5.91 Å². The maximum Gasteiger partial charge on any atom is 0.221 e. The second kappa shape index (κ2) is 10.6. The van der Waals surface area contributed by atoms with E-state index in [0.29, 0.717) is 19.5 Å². The fourth-order valence-corrected chi connectivity index (χ4v) is 2.80. The predicted molar refractivity (Wildman–Crippen MR) is 96.6 cm³/mol. The third-order valence-electron chi connectivity index (χ3n) is 4.27. The summed E-state index contributed by atoms with van der Waals surface area (Å²) >= 11 is 0. The highest BCUT2D eigenvalue weighted by atomic mass is 35.5. The molecule has 1 aliphatic rings. The number of piperazine rings is 1. The van der Waals surface area contributed by atoms with Crippen LogP contribution in [0.1, 0.15) is 24.5 Å². The first kappa shape index (κ1) is 19.9. The lowest BCUT2D eigenvalue weighted by molar-refractivity contribution is -0.121. The van der Waals surface area contributed by atoms with E-state index >= 15 is 0 Å². The SMILES string of the molecule is CCN1CCN(Cc2ccccc2CNC(=O)CCN)CC1.Cl. The van der Waals surface area contributed by atoms with Crippen molar-refractivity contribution in [3.8, 4) is 0 Å². The van der Waals surface area contributed by atoms with Crippen molar-refractivity contribution in [2.75, 3.05) is 39.3 Å². The van der Waals surface area contributed by atoms with Gasteiger partial charge in [0.05, 0.1) is 0 Å². The Bertz CT molecular complexity index is 475. The highest BCUT2D eigenvalue weighted by molar-refractivity contribution is 5.85.